The summed E-state index contributed by atoms with van der Waals surface area (Å²) in [6.45, 7) is 2.06. The fourth-order valence-corrected chi connectivity index (χ4v) is 7.85. The highest BCUT2D eigenvalue weighted by atomic mass is 16.1. The Kier molecular flexibility index (Phi) is 7.68. The minimum atomic E-state index is -0.0744. The number of fused-ring (bicyclic) bond motifs is 5. The second kappa shape index (κ2) is 13.4. The van der Waals surface area contributed by atoms with Crippen LogP contribution in [-0.2, 0) is 0 Å². The van der Waals surface area contributed by atoms with Crippen molar-refractivity contribution in [3.63, 3.8) is 0 Å². The molecular weight excluding hydrogens is 715 g/mol. The van der Waals surface area contributed by atoms with Gasteiger partial charge in [-0.05, 0) is 48.7 Å². The van der Waals surface area contributed by atoms with Crippen LogP contribution in [0.15, 0.2) is 175 Å². The van der Waals surface area contributed by atoms with Crippen molar-refractivity contribution >= 4 is 38.0 Å². The summed E-state index contributed by atoms with van der Waals surface area (Å²) in [6.07, 6.45) is 0. The van der Waals surface area contributed by atoms with Gasteiger partial charge in [0.15, 0.2) is 34.9 Å². The SMILES string of the molecule is Cc1ccc(-c2nc(-c3ccccc3)nc(-c3ccc4c(c3)c3cc(-c5nc(-c6ccccc6)nc(-c6ccccc6)n5)cc5c6ccccc6c(=O)n4c53)n2)cc1. The maximum absolute atomic E-state index is 14.4. The van der Waals surface area contributed by atoms with E-state index >= 15 is 0 Å². The summed E-state index contributed by atoms with van der Waals surface area (Å²) >= 11 is 0. The van der Waals surface area contributed by atoms with E-state index in [1.54, 1.807) is 0 Å². The Bertz CT molecular complexity index is 3350. The molecule has 11 rings (SSSR count). The first-order chi connectivity index (χ1) is 28.6. The van der Waals surface area contributed by atoms with E-state index in [0.29, 0.717) is 40.3 Å². The molecule has 0 unspecified atom stereocenters. The predicted octanol–water partition coefficient (Wildman–Crippen LogP) is 10.9. The van der Waals surface area contributed by atoms with E-state index < -0.39 is 0 Å². The second-order valence-electron chi connectivity index (χ2n) is 14.4. The third-order valence-corrected chi connectivity index (χ3v) is 10.7. The van der Waals surface area contributed by atoms with Crippen LogP contribution in [0.25, 0.3) is 106 Å². The van der Waals surface area contributed by atoms with Crippen molar-refractivity contribution < 1.29 is 0 Å². The van der Waals surface area contributed by atoms with Crippen molar-refractivity contribution in [2.45, 2.75) is 6.92 Å². The molecule has 0 bridgehead atoms. The van der Waals surface area contributed by atoms with E-state index in [9.17, 15) is 4.79 Å². The summed E-state index contributed by atoms with van der Waals surface area (Å²) in [4.78, 5) is 44.5. The lowest BCUT2D eigenvalue weighted by Gasteiger charge is -2.11. The minimum Gasteiger partial charge on any atom is -0.275 e. The summed E-state index contributed by atoms with van der Waals surface area (Å²) in [5, 5.41) is 4.20. The van der Waals surface area contributed by atoms with Gasteiger partial charge in [-0.1, -0.05) is 139 Å². The van der Waals surface area contributed by atoms with Crippen molar-refractivity contribution in [2.75, 3.05) is 0 Å². The van der Waals surface area contributed by atoms with Gasteiger partial charge >= 0.3 is 0 Å². The number of aryl methyl sites for hydroxylation is 1. The van der Waals surface area contributed by atoms with Gasteiger partial charge in [-0.2, -0.15) is 0 Å². The molecule has 11 aromatic rings. The molecule has 0 saturated carbocycles. The van der Waals surface area contributed by atoms with Crippen LogP contribution in [-0.4, -0.2) is 34.3 Å². The van der Waals surface area contributed by atoms with Crippen molar-refractivity contribution in [3.05, 3.63) is 186 Å². The van der Waals surface area contributed by atoms with Gasteiger partial charge in [-0.3, -0.25) is 9.20 Å². The van der Waals surface area contributed by atoms with E-state index in [0.717, 1.165) is 71.5 Å². The van der Waals surface area contributed by atoms with E-state index in [1.807, 2.05) is 144 Å². The van der Waals surface area contributed by atoms with Crippen LogP contribution in [0.4, 0.5) is 0 Å². The molecule has 0 aliphatic carbocycles. The summed E-state index contributed by atoms with van der Waals surface area (Å²) < 4.78 is 1.84. The molecule has 0 atom stereocenters. The number of pyridine rings is 1. The van der Waals surface area contributed by atoms with Gasteiger partial charge in [0, 0.05) is 54.9 Å². The van der Waals surface area contributed by atoms with Crippen LogP contribution >= 0.6 is 0 Å². The Hall–Kier alpha value is -7.97. The third kappa shape index (κ3) is 5.58. The number of nitrogens with zero attached hydrogens (tertiary/aromatic N) is 7. The van der Waals surface area contributed by atoms with Crippen LogP contribution in [0, 0.1) is 6.92 Å². The molecule has 0 spiro atoms. The zero-order valence-corrected chi connectivity index (χ0v) is 31.2. The van der Waals surface area contributed by atoms with Gasteiger partial charge < -0.3 is 0 Å². The molecule has 0 N–H and O–H groups in total. The van der Waals surface area contributed by atoms with Crippen LogP contribution < -0.4 is 5.56 Å². The highest BCUT2D eigenvalue weighted by Crippen LogP contribution is 2.39. The molecule has 4 aromatic heterocycles. The smallest absolute Gasteiger partial charge is 0.263 e. The molecule has 0 aliphatic heterocycles. The lowest BCUT2D eigenvalue weighted by molar-refractivity contribution is 1.07. The highest BCUT2D eigenvalue weighted by molar-refractivity contribution is 6.21. The molecule has 0 fully saturated rings. The van der Waals surface area contributed by atoms with Crippen LogP contribution in [0.1, 0.15) is 5.56 Å². The Morgan fingerprint density at radius 2 is 0.724 bits per heavy atom. The summed E-state index contributed by atoms with van der Waals surface area (Å²) in [6, 6.07) is 56.1. The number of hydrogen-bond acceptors (Lipinski definition) is 7. The topological polar surface area (TPSA) is 98.8 Å². The molecular formula is C50H31N7O. The quantitative estimate of drug-likeness (QED) is 0.156. The largest absolute Gasteiger partial charge is 0.275 e. The lowest BCUT2D eigenvalue weighted by atomic mass is 10.0. The van der Waals surface area contributed by atoms with Gasteiger partial charge in [-0.25, -0.2) is 29.9 Å². The average Bonchev–Trinajstić information content (AvgIpc) is 3.63. The molecule has 0 radical (unpaired) electrons. The van der Waals surface area contributed by atoms with Gasteiger partial charge in [0.1, 0.15) is 0 Å². The number of aromatic nitrogens is 7. The first kappa shape index (κ1) is 33.4. The fraction of sp³-hybridized carbons (Fsp3) is 0.0200. The summed E-state index contributed by atoms with van der Waals surface area (Å²) in [5.41, 5.74) is 7.88. The molecule has 0 saturated heterocycles. The normalized spacial score (nSPS) is 11.6. The Morgan fingerprint density at radius 3 is 1.24 bits per heavy atom. The maximum Gasteiger partial charge on any atom is 0.263 e. The molecule has 0 amide bonds. The first-order valence-electron chi connectivity index (χ1n) is 19.1. The van der Waals surface area contributed by atoms with E-state index in [1.165, 1.54) is 0 Å². The van der Waals surface area contributed by atoms with Crippen molar-refractivity contribution in [3.8, 4) is 68.3 Å². The summed E-state index contributed by atoms with van der Waals surface area (Å²) in [7, 11) is 0. The molecule has 8 heteroatoms. The van der Waals surface area contributed by atoms with Gasteiger partial charge in [0.05, 0.1) is 11.0 Å². The highest BCUT2D eigenvalue weighted by Gasteiger charge is 2.22. The van der Waals surface area contributed by atoms with E-state index in [-0.39, 0.29) is 5.56 Å². The van der Waals surface area contributed by atoms with Crippen molar-refractivity contribution in [1.82, 2.24) is 34.3 Å². The zero-order chi connectivity index (χ0) is 38.7. The van der Waals surface area contributed by atoms with E-state index in [2.05, 4.69) is 37.3 Å². The standard InChI is InChI=1S/C50H31N7O/c1-30-21-23-34(24-22-30)47-52-44(31-13-5-2-6-14-31)53-48(54-47)35-25-26-42-39(27-35)41-29-36(28-40-37-19-11-12-20-38(37)50(58)57(42)43(40)41)49-55-45(32-15-7-3-8-16-32)51-46(56-49)33-17-9-4-10-18-33/h2-29H,1H3. The van der Waals surface area contributed by atoms with Gasteiger partial charge in [0.2, 0.25) is 0 Å². The number of rotatable bonds is 6. The molecule has 4 heterocycles. The third-order valence-electron chi connectivity index (χ3n) is 10.7. The predicted molar refractivity (Wildman–Crippen MR) is 231 cm³/mol. The van der Waals surface area contributed by atoms with E-state index in [4.69, 9.17) is 29.9 Å². The summed E-state index contributed by atoms with van der Waals surface area (Å²) in [5.74, 6) is 3.38. The molecule has 7 aromatic carbocycles. The number of benzene rings is 7. The maximum atomic E-state index is 14.4. The van der Waals surface area contributed by atoms with Gasteiger partial charge in [-0.15, -0.1) is 0 Å². The van der Waals surface area contributed by atoms with Gasteiger partial charge in [0.25, 0.3) is 5.56 Å². The average molecular weight is 746 g/mol. The Labute approximate surface area is 332 Å². The molecule has 58 heavy (non-hydrogen) atoms. The number of hydrogen-bond donors (Lipinski definition) is 0. The molecule has 8 nitrogen and oxygen atoms in total. The van der Waals surface area contributed by atoms with Crippen molar-refractivity contribution in [1.29, 1.82) is 0 Å². The van der Waals surface area contributed by atoms with Crippen LogP contribution in [0.3, 0.4) is 0 Å². The second-order valence-corrected chi connectivity index (χ2v) is 14.4. The Morgan fingerprint density at radius 1 is 0.345 bits per heavy atom. The van der Waals surface area contributed by atoms with Crippen molar-refractivity contribution in [2.24, 2.45) is 0 Å². The van der Waals surface area contributed by atoms with Crippen LogP contribution in [0.2, 0.25) is 0 Å². The lowest BCUT2D eigenvalue weighted by Crippen LogP contribution is -2.12. The minimum absolute atomic E-state index is 0.0744. The first-order valence-corrected chi connectivity index (χ1v) is 19.1. The molecule has 272 valence electrons. The fourth-order valence-electron chi connectivity index (χ4n) is 7.85. The Balaban J connectivity index is 1.19. The zero-order valence-electron chi connectivity index (χ0n) is 31.2. The molecule has 0 aliphatic rings. The van der Waals surface area contributed by atoms with Crippen LogP contribution in [0.5, 0.6) is 0 Å². The monoisotopic (exact) mass is 745 g/mol.